The van der Waals surface area contributed by atoms with Gasteiger partial charge in [-0.1, -0.05) is 83.9 Å². The summed E-state index contributed by atoms with van der Waals surface area (Å²) in [6.07, 6.45) is 0. The molecular weight excluding hydrogens is 530 g/mol. The van der Waals surface area contributed by atoms with Crippen LogP contribution in [0.25, 0.3) is 49.9 Å². The van der Waals surface area contributed by atoms with Crippen LogP contribution in [0.3, 0.4) is 0 Å². The summed E-state index contributed by atoms with van der Waals surface area (Å²) in [6, 6.07) is 37.3. The quantitative estimate of drug-likeness (QED) is 0.178. The minimum absolute atomic E-state index is 0.461. The van der Waals surface area contributed by atoms with Crippen molar-refractivity contribution in [3.05, 3.63) is 138 Å². The first kappa shape index (κ1) is 24.4. The largest absolute Gasteiger partial charge is 0.244 e. The molecule has 8 aromatic rings. The van der Waals surface area contributed by atoms with Crippen LogP contribution in [0.5, 0.6) is 0 Å². The second-order valence-electron chi connectivity index (χ2n) is 9.82. The summed E-state index contributed by atoms with van der Waals surface area (Å²) in [6.45, 7) is 0. The molecule has 0 aliphatic heterocycles. The van der Waals surface area contributed by atoms with E-state index < -0.39 is 0 Å². The number of hydrogen-bond donors (Lipinski definition) is 0. The zero-order valence-corrected chi connectivity index (χ0v) is 22.6. The number of fused-ring (bicyclic) bond motifs is 5. The molecule has 0 bridgehead atoms. The van der Waals surface area contributed by atoms with E-state index in [2.05, 4.69) is 34.0 Å². The van der Waals surface area contributed by atoms with Gasteiger partial charge in [0.25, 0.3) is 0 Å². The van der Waals surface area contributed by atoms with Crippen LogP contribution in [0.2, 0.25) is 0 Å². The summed E-state index contributed by atoms with van der Waals surface area (Å²) < 4.78 is 1.79. The lowest BCUT2D eigenvalue weighted by molar-refractivity contribution is 0.861. The number of aromatic nitrogens is 7. The normalized spacial score (nSPS) is 10.9. The zero-order valence-electron chi connectivity index (χ0n) is 22.6. The molecule has 0 saturated carbocycles. The lowest BCUT2D eigenvalue weighted by Crippen LogP contribution is -1.99. The van der Waals surface area contributed by atoms with Crippen molar-refractivity contribution >= 4 is 38.6 Å². The van der Waals surface area contributed by atoms with Gasteiger partial charge < -0.3 is 0 Å². The first-order chi connectivity index (χ1) is 21.3. The maximum absolute atomic E-state index is 4.97. The molecule has 8 rings (SSSR count). The lowest BCUT2D eigenvalue weighted by atomic mass is 10.1. The van der Waals surface area contributed by atoms with Gasteiger partial charge in [0.1, 0.15) is 22.4 Å². The van der Waals surface area contributed by atoms with Crippen molar-refractivity contribution in [1.29, 1.82) is 0 Å². The molecule has 0 fully saturated rings. The van der Waals surface area contributed by atoms with E-state index in [1.807, 2.05) is 115 Å². The van der Waals surface area contributed by atoms with Crippen molar-refractivity contribution < 1.29 is 0 Å². The van der Waals surface area contributed by atoms with Gasteiger partial charge in [-0.2, -0.15) is 0 Å². The van der Waals surface area contributed by atoms with Crippen LogP contribution in [0.4, 0.5) is 0 Å². The number of hydrogen-bond acceptors (Lipinski definition) is 6. The second kappa shape index (κ2) is 10.2. The average Bonchev–Trinajstić information content (AvgIpc) is 3.50. The number of para-hydroxylation sites is 4. The van der Waals surface area contributed by atoms with Crippen LogP contribution in [0, 0.1) is 23.7 Å². The fraction of sp³-hybridized carbons (Fsp3) is 0. The predicted molar refractivity (Wildman–Crippen MR) is 167 cm³/mol. The van der Waals surface area contributed by atoms with Gasteiger partial charge in [0.05, 0.1) is 33.3 Å². The van der Waals surface area contributed by atoms with Gasteiger partial charge in [-0.3, -0.25) is 0 Å². The summed E-state index contributed by atoms with van der Waals surface area (Å²) in [7, 11) is 0. The molecule has 43 heavy (non-hydrogen) atoms. The van der Waals surface area contributed by atoms with E-state index in [-0.39, 0.29) is 0 Å². The maximum Gasteiger partial charge on any atom is 0.166 e. The second-order valence-corrected chi connectivity index (χ2v) is 9.82. The van der Waals surface area contributed by atoms with Gasteiger partial charge in [0, 0.05) is 11.1 Å². The third kappa shape index (κ3) is 4.48. The minimum Gasteiger partial charge on any atom is -0.244 e. The molecule has 0 aliphatic rings. The molecule has 7 nitrogen and oxygen atoms in total. The van der Waals surface area contributed by atoms with Crippen molar-refractivity contribution in [3.8, 4) is 34.9 Å². The van der Waals surface area contributed by atoms with Gasteiger partial charge in [0.2, 0.25) is 0 Å². The fourth-order valence-electron chi connectivity index (χ4n) is 4.99. The molecule has 0 unspecified atom stereocenters. The maximum atomic E-state index is 4.97. The molecule has 0 spiro atoms. The molecule has 0 saturated heterocycles. The van der Waals surface area contributed by atoms with Gasteiger partial charge >= 0.3 is 0 Å². The van der Waals surface area contributed by atoms with E-state index in [9.17, 15) is 0 Å². The minimum atomic E-state index is 0.461. The molecule has 0 aliphatic carbocycles. The lowest BCUT2D eigenvalue weighted by Gasteiger charge is -2.08. The van der Waals surface area contributed by atoms with Crippen molar-refractivity contribution in [1.82, 2.24) is 34.8 Å². The summed E-state index contributed by atoms with van der Waals surface area (Å²) in [5.41, 5.74) is 9.27. The third-order valence-electron chi connectivity index (χ3n) is 7.03. The molecule has 0 atom stereocenters. The summed E-state index contributed by atoms with van der Waals surface area (Å²) in [4.78, 5) is 19.5. The Balaban J connectivity index is 1.36. The van der Waals surface area contributed by atoms with Crippen molar-refractivity contribution in [3.63, 3.8) is 0 Å². The molecule has 198 valence electrons. The highest BCUT2D eigenvalue weighted by Gasteiger charge is 2.17. The van der Waals surface area contributed by atoms with Crippen LogP contribution < -0.4 is 0 Å². The monoisotopic (exact) mass is 549 g/mol. The van der Waals surface area contributed by atoms with Crippen LogP contribution in [-0.2, 0) is 0 Å². The van der Waals surface area contributed by atoms with Crippen LogP contribution in [-0.4, -0.2) is 34.8 Å². The van der Waals surface area contributed by atoms with E-state index in [1.165, 1.54) is 0 Å². The van der Waals surface area contributed by atoms with Crippen LogP contribution >= 0.6 is 0 Å². The highest BCUT2D eigenvalue weighted by Crippen LogP contribution is 2.29. The van der Waals surface area contributed by atoms with E-state index in [1.54, 1.807) is 4.52 Å². The topological polar surface area (TPSA) is 81.8 Å². The fourth-order valence-corrected chi connectivity index (χ4v) is 4.99. The molecule has 4 aromatic carbocycles. The predicted octanol–water partition coefficient (Wildman–Crippen LogP) is 6.24. The van der Waals surface area contributed by atoms with Crippen molar-refractivity contribution in [2.45, 2.75) is 0 Å². The average molecular weight is 550 g/mol. The number of benzene rings is 4. The van der Waals surface area contributed by atoms with Gasteiger partial charge in [-0.25, -0.2) is 24.5 Å². The SMILES string of the molecule is C(#Cc1nc2ccccc2nc1C#Cc1nnn2c(-c3ccccc3)cc3nc4ccccc4nc3c12)c1ccccc1. The first-order valence-electron chi connectivity index (χ1n) is 13.7. The van der Waals surface area contributed by atoms with Crippen LogP contribution in [0.1, 0.15) is 22.6 Å². The standard InChI is InChI=1S/C36H19N7/c1-3-11-24(12-4-1)19-20-30-31(38-27-16-8-7-15-26(27)37-30)21-22-32-36-35-33(39-28-17-9-10-18-29(28)40-35)23-34(43(36)42-41-32)25-13-5-2-6-14-25/h1-18,23H. The third-order valence-corrected chi connectivity index (χ3v) is 7.03. The molecule has 7 heteroatoms. The highest BCUT2D eigenvalue weighted by molar-refractivity contribution is 5.99. The Morgan fingerprint density at radius 2 is 1.00 bits per heavy atom. The van der Waals surface area contributed by atoms with E-state index in [0.29, 0.717) is 28.1 Å². The summed E-state index contributed by atoms with van der Waals surface area (Å²) >= 11 is 0. The number of nitrogens with zero attached hydrogens (tertiary/aromatic N) is 7. The van der Waals surface area contributed by atoms with Gasteiger partial charge in [-0.15, -0.1) is 5.10 Å². The molecule has 0 N–H and O–H groups in total. The molecule has 4 heterocycles. The van der Waals surface area contributed by atoms with Crippen molar-refractivity contribution in [2.24, 2.45) is 0 Å². The highest BCUT2D eigenvalue weighted by atomic mass is 15.4. The van der Waals surface area contributed by atoms with E-state index >= 15 is 0 Å². The Labute approximate surface area is 245 Å². The summed E-state index contributed by atoms with van der Waals surface area (Å²) in [5, 5.41) is 9.02. The van der Waals surface area contributed by atoms with Crippen molar-refractivity contribution in [2.75, 3.05) is 0 Å². The molecule has 0 radical (unpaired) electrons. The smallest absolute Gasteiger partial charge is 0.166 e. The Morgan fingerprint density at radius 3 is 1.67 bits per heavy atom. The van der Waals surface area contributed by atoms with E-state index in [4.69, 9.17) is 19.9 Å². The number of rotatable bonds is 1. The Kier molecular flexibility index (Phi) is 5.77. The Bertz CT molecular complexity index is 2460. The Morgan fingerprint density at radius 1 is 0.465 bits per heavy atom. The Hall–Kier alpha value is -6.44. The molecule has 4 aromatic heterocycles. The van der Waals surface area contributed by atoms with Crippen LogP contribution in [0.15, 0.2) is 115 Å². The summed E-state index contributed by atoms with van der Waals surface area (Å²) in [5.74, 6) is 12.8. The van der Waals surface area contributed by atoms with Gasteiger partial charge in [0.15, 0.2) is 5.69 Å². The first-order valence-corrected chi connectivity index (χ1v) is 13.7. The zero-order chi connectivity index (χ0) is 28.6. The molecular formula is C36H19N7. The molecule has 0 amide bonds. The van der Waals surface area contributed by atoms with Gasteiger partial charge in [-0.05, 0) is 60.2 Å². The number of pyridine rings is 1. The van der Waals surface area contributed by atoms with E-state index in [0.717, 1.165) is 44.4 Å².